The van der Waals surface area contributed by atoms with Crippen molar-refractivity contribution in [2.45, 2.75) is 13.0 Å². The van der Waals surface area contributed by atoms with Gasteiger partial charge in [-0.1, -0.05) is 24.3 Å². The second-order valence-corrected chi connectivity index (χ2v) is 2.88. The van der Waals surface area contributed by atoms with E-state index in [1.165, 1.54) is 12.1 Å². The van der Waals surface area contributed by atoms with Crippen LogP contribution in [0.25, 0.3) is 0 Å². The van der Waals surface area contributed by atoms with E-state index in [-0.39, 0.29) is 11.9 Å². The first kappa shape index (κ1) is 8.94. The predicted octanol–water partition coefficient (Wildman–Crippen LogP) is 2.40. The zero-order valence-electron chi connectivity index (χ0n) is 7.05. The molecule has 0 bridgehead atoms. The molecule has 0 spiro atoms. The summed E-state index contributed by atoms with van der Waals surface area (Å²) in [4.78, 5) is 0. The van der Waals surface area contributed by atoms with Crippen LogP contribution in [0.2, 0.25) is 0 Å². The first-order valence-corrected chi connectivity index (χ1v) is 3.77. The van der Waals surface area contributed by atoms with Crippen LogP contribution in [0.1, 0.15) is 18.5 Å². The predicted molar refractivity (Wildman–Crippen MR) is 48.1 cm³/mol. The van der Waals surface area contributed by atoms with E-state index in [2.05, 4.69) is 6.58 Å². The van der Waals surface area contributed by atoms with E-state index in [1.807, 2.05) is 6.92 Å². The van der Waals surface area contributed by atoms with Crippen molar-refractivity contribution in [1.82, 2.24) is 0 Å². The van der Waals surface area contributed by atoms with E-state index in [0.29, 0.717) is 0 Å². The van der Waals surface area contributed by atoms with Crippen molar-refractivity contribution in [2.24, 2.45) is 5.73 Å². The van der Waals surface area contributed by atoms with E-state index in [4.69, 9.17) is 5.73 Å². The maximum atomic E-state index is 12.5. The number of hydrogen-bond acceptors (Lipinski definition) is 1. The minimum Gasteiger partial charge on any atom is -0.321 e. The zero-order valence-corrected chi connectivity index (χ0v) is 7.05. The van der Waals surface area contributed by atoms with Crippen molar-refractivity contribution in [2.75, 3.05) is 0 Å². The van der Waals surface area contributed by atoms with E-state index in [1.54, 1.807) is 12.1 Å². The molecular weight excluding hydrogens is 153 g/mol. The van der Waals surface area contributed by atoms with Gasteiger partial charge in [0.25, 0.3) is 0 Å². The molecule has 64 valence electrons. The number of benzene rings is 1. The van der Waals surface area contributed by atoms with E-state index in [0.717, 1.165) is 11.1 Å². The van der Waals surface area contributed by atoms with Crippen molar-refractivity contribution < 1.29 is 4.39 Å². The Morgan fingerprint density at radius 1 is 1.42 bits per heavy atom. The van der Waals surface area contributed by atoms with Gasteiger partial charge in [0.1, 0.15) is 5.82 Å². The maximum absolute atomic E-state index is 12.5. The van der Waals surface area contributed by atoms with Crippen LogP contribution in [0.5, 0.6) is 0 Å². The highest BCUT2D eigenvalue weighted by molar-refractivity contribution is 5.25. The Morgan fingerprint density at radius 2 is 1.92 bits per heavy atom. The molecule has 2 heteroatoms. The fraction of sp³-hybridized carbons (Fsp3) is 0.200. The van der Waals surface area contributed by atoms with Crippen LogP contribution in [-0.2, 0) is 0 Å². The molecule has 0 heterocycles. The number of nitrogens with two attached hydrogens (primary N) is 1. The molecule has 0 fully saturated rings. The van der Waals surface area contributed by atoms with Crippen LogP contribution in [0.4, 0.5) is 4.39 Å². The summed E-state index contributed by atoms with van der Waals surface area (Å²) in [5.41, 5.74) is 7.53. The normalized spacial score (nSPS) is 12.6. The molecule has 12 heavy (non-hydrogen) atoms. The van der Waals surface area contributed by atoms with Crippen molar-refractivity contribution in [3.63, 3.8) is 0 Å². The third kappa shape index (κ3) is 1.92. The van der Waals surface area contributed by atoms with Gasteiger partial charge < -0.3 is 5.73 Å². The molecule has 1 rings (SSSR count). The smallest absolute Gasteiger partial charge is 0.123 e. The highest BCUT2D eigenvalue weighted by atomic mass is 19.1. The molecule has 0 saturated carbocycles. The van der Waals surface area contributed by atoms with E-state index in [9.17, 15) is 4.39 Å². The quantitative estimate of drug-likeness (QED) is 0.669. The fourth-order valence-electron chi connectivity index (χ4n) is 0.955. The summed E-state index contributed by atoms with van der Waals surface area (Å²) in [5, 5.41) is 0. The van der Waals surface area contributed by atoms with Crippen LogP contribution in [0, 0.1) is 5.82 Å². The molecule has 1 unspecified atom stereocenters. The average molecular weight is 165 g/mol. The first-order chi connectivity index (χ1) is 5.61. The van der Waals surface area contributed by atoms with Gasteiger partial charge in [-0.15, -0.1) is 0 Å². The summed E-state index contributed by atoms with van der Waals surface area (Å²) in [6, 6.07) is 5.96. The minimum absolute atomic E-state index is 0.189. The summed E-state index contributed by atoms with van der Waals surface area (Å²) in [6.45, 7) is 5.59. The van der Waals surface area contributed by atoms with Crippen molar-refractivity contribution >= 4 is 0 Å². The van der Waals surface area contributed by atoms with Crippen molar-refractivity contribution in [3.05, 3.63) is 47.8 Å². The first-order valence-electron chi connectivity index (χ1n) is 3.77. The maximum Gasteiger partial charge on any atom is 0.123 e. The lowest BCUT2D eigenvalue weighted by molar-refractivity contribution is 0.626. The third-order valence-corrected chi connectivity index (χ3v) is 1.76. The topological polar surface area (TPSA) is 26.0 Å². The van der Waals surface area contributed by atoms with Crippen LogP contribution < -0.4 is 5.73 Å². The van der Waals surface area contributed by atoms with Gasteiger partial charge >= 0.3 is 0 Å². The molecule has 1 aromatic rings. The van der Waals surface area contributed by atoms with Crippen molar-refractivity contribution in [3.8, 4) is 0 Å². The molecule has 0 aliphatic carbocycles. The van der Waals surface area contributed by atoms with Gasteiger partial charge in [-0.2, -0.15) is 0 Å². The van der Waals surface area contributed by atoms with E-state index >= 15 is 0 Å². The number of rotatable bonds is 2. The second-order valence-electron chi connectivity index (χ2n) is 2.88. The summed E-state index contributed by atoms with van der Waals surface area (Å²) in [6.07, 6.45) is 0. The Bertz CT molecular complexity index is 276. The van der Waals surface area contributed by atoms with Gasteiger partial charge in [0.15, 0.2) is 0 Å². The number of halogens is 1. The SMILES string of the molecule is C=C(C)C(N)c1ccc(F)cc1. The Labute approximate surface area is 71.7 Å². The van der Waals surface area contributed by atoms with E-state index < -0.39 is 0 Å². The van der Waals surface area contributed by atoms with Gasteiger partial charge in [-0.3, -0.25) is 0 Å². The molecule has 0 aliphatic rings. The fourth-order valence-corrected chi connectivity index (χ4v) is 0.955. The molecule has 0 aromatic heterocycles. The van der Waals surface area contributed by atoms with Crippen LogP contribution >= 0.6 is 0 Å². The van der Waals surface area contributed by atoms with Crippen molar-refractivity contribution in [1.29, 1.82) is 0 Å². The summed E-state index contributed by atoms with van der Waals surface area (Å²) in [7, 11) is 0. The molecular formula is C10H12FN. The molecule has 0 aliphatic heterocycles. The second kappa shape index (κ2) is 3.50. The average Bonchev–Trinajstić information content (AvgIpc) is 2.04. The molecule has 1 aromatic carbocycles. The van der Waals surface area contributed by atoms with Crippen LogP contribution in [0.3, 0.4) is 0 Å². The molecule has 0 saturated heterocycles. The van der Waals surface area contributed by atoms with Crippen LogP contribution in [0.15, 0.2) is 36.4 Å². The molecule has 2 N–H and O–H groups in total. The van der Waals surface area contributed by atoms with Gasteiger partial charge in [-0.25, -0.2) is 4.39 Å². The molecule has 1 atom stereocenters. The Morgan fingerprint density at radius 3 is 2.33 bits per heavy atom. The molecule has 1 nitrogen and oxygen atoms in total. The Balaban J connectivity index is 2.89. The van der Waals surface area contributed by atoms with Gasteiger partial charge in [-0.05, 0) is 24.6 Å². The van der Waals surface area contributed by atoms with Gasteiger partial charge in [0.2, 0.25) is 0 Å². The van der Waals surface area contributed by atoms with Gasteiger partial charge in [0, 0.05) is 0 Å². The summed E-state index contributed by atoms with van der Waals surface area (Å²) < 4.78 is 12.5. The highest BCUT2D eigenvalue weighted by Crippen LogP contribution is 2.16. The summed E-state index contributed by atoms with van der Waals surface area (Å²) >= 11 is 0. The lowest BCUT2D eigenvalue weighted by Gasteiger charge is -2.10. The lowest BCUT2D eigenvalue weighted by atomic mass is 10.0. The molecule has 0 amide bonds. The van der Waals surface area contributed by atoms with Crippen LogP contribution in [-0.4, -0.2) is 0 Å². The summed E-state index contributed by atoms with van der Waals surface area (Å²) in [5.74, 6) is -0.243. The number of hydrogen-bond donors (Lipinski definition) is 1. The van der Waals surface area contributed by atoms with Gasteiger partial charge in [0.05, 0.1) is 6.04 Å². The minimum atomic E-state index is -0.243. The monoisotopic (exact) mass is 165 g/mol. The molecule has 0 radical (unpaired) electrons. The zero-order chi connectivity index (χ0) is 9.14. The largest absolute Gasteiger partial charge is 0.321 e. The third-order valence-electron chi connectivity index (χ3n) is 1.76. The Kier molecular flexibility index (Phi) is 2.61. The Hall–Kier alpha value is -1.15. The highest BCUT2D eigenvalue weighted by Gasteiger charge is 2.05. The standard InChI is InChI=1S/C10H12FN/c1-7(2)10(12)8-3-5-9(11)6-4-8/h3-6,10H,1,12H2,2H3. The lowest BCUT2D eigenvalue weighted by Crippen LogP contribution is -2.10.